The van der Waals surface area contributed by atoms with Gasteiger partial charge in [-0.25, -0.2) is 0 Å². The zero-order chi connectivity index (χ0) is 12.8. The molecule has 0 bridgehead atoms. The van der Waals surface area contributed by atoms with Crippen molar-refractivity contribution in [2.45, 2.75) is 63.5 Å². The van der Waals surface area contributed by atoms with Gasteiger partial charge in [-0.05, 0) is 50.2 Å². The van der Waals surface area contributed by atoms with Crippen LogP contribution in [0.1, 0.15) is 51.9 Å². The summed E-state index contributed by atoms with van der Waals surface area (Å²) in [6, 6.07) is 0.696. The van der Waals surface area contributed by atoms with Crippen molar-refractivity contribution in [3.8, 4) is 0 Å². The molecular weight excluding hydrogens is 242 g/mol. The lowest BCUT2D eigenvalue weighted by Crippen LogP contribution is -2.48. The van der Waals surface area contributed by atoms with E-state index in [1.807, 2.05) is 11.8 Å². The summed E-state index contributed by atoms with van der Waals surface area (Å²) in [5.41, 5.74) is 0.247. The van der Waals surface area contributed by atoms with E-state index in [2.05, 4.69) is 18.5 Å². The molecular formula is C15H29NOS. The first-order chi connectivity index (χ1) is 8.74. The van der Waals surface area contributed by atoms with Crippen LogP contribution in [-0.4, -0.2) is 36.8 Å². The number of rotatable bonds is 5. The molecule has 0 aromatic heterocycles. The maximum absolute atomic E-state index is 6.15. The van der Waals surface area contributed by atoms with E-state index in [4.69, 9.17) is 4.74 Å². The van der Waals surface area contributed by atoms with Gasteiger partial charge in [-0.1, -0.05) is 26.2 Å². The predicted octanol–water partition coefficient (Wildman–Crippen LogP) is 3.46. The summed E-state index contributed by atoms with van der Waals surface area (Å²) in [5.74, 6) is 2.05. The quantitative estimate of drug-likeness (QED) is 0.827. The van der Waals surface area contributed by atoms with Gasteiger partial charge < -0.3 is 10.1 Å². The van der Waals surface area contributed by atoms with Crippen LogP contribution in [0.4, 0.5) is 0 Å². The third-order valence-corrected chi connectivity index (χ3v) is 5.37. The maximum atomic E-state index is 6.15. The molecule has 2 atom stereocenters. The second kappa shape index (κ2) is 7.16. The van der Waals surface area contributed by atoms with Crippen molar-refractivity contribution in [3.63, 3.8) is 0 Å². The van der Waals surface area contributed by atoms with Crippen LogP contribution in [0, 0.1) is 5.92 Å². The van der Waals surface area contributed by atoms with Gasteiger partial charge in [0.1, 0.15) is 0 Å². The van der Waals surface area contributed by atoms with E-state index in [0.717, 1.165) is 12.5 Å². The molecule has 1 heterocycles. The second-order valence-electron chi connectivity index (χ2n) is 6.25. The second-order valence-corrected chi connectivity index (χ2v) is 7.16. The molecule has 18 heavy (non-hydrogen) atoms. The number of nitrogens with one attached hydrogen (secondary N) is 1. The van der Waals surface area contributed by atoms with Crippen molar-refractivity contribution >= 4 is 11.8 Å². The van der Waals surface area contributed by atoms with Crippen LogP contribution in [0.5, 0.6) is 0 Å². The highest BCUT2D eigenvalue weighted by Crippen LogP contribution is 2.38. The van der Waals surface area contributed by atoms with Crippen LogP contribution >= 0.6 is 11.8 Å². The van der Waals surface area contributed by atoms with E-state index in [1.165, 1.54) is 57.2 Å². The van der Waals surface area contributed by atoms with Crippen LogP contribution < -0.4 is 5.32 Å². The lowest BCUT2D eigenvalue weighted by molar-refractivity contribution is -0.109. The summed E-state index contributed by atoms with van der Waals surface area (Å²) in [5, 5.41) is 3.78. The molecule has 1 aliphatic carbocycles. The fraction of sp³-hybridized carbons (Fsp3) is 1.00. The van der Waals surface area contributed by atoms with E-state index in [1.54, 1.807) is 0 Å². The van der Waals surface area contributed by atoms with Gasteiger partial charge >= 0.3 is 0 Å². The predicted molar refractivity (Wildman–Crippen MR) is 80.3 cm³/mol. The largest absolute Gasteiger partial charge is 0.375 e. The molecule has 2 fully saturated rings. The Kier molecular flexibility index (Phi) is 5.84. The summed E-state index contributed by atoms with van der Waals surface area (Å²) < 4.78 is 6.15. The summed E-state index contributed by atoms with van der Waals surface area (Å²) >= 11 is 1.95. The van der Waals surface area contributed by atoms with Crippen molar-refractivity contribution in [2.75, 3.05) is 25.2 Å². The number of hydrogen-bond acceptors (Lipinski definition) is 3. The normalized spacial score (nSPS) is 29.3. The minimum atomic E-state index is 0.247. The van der Waals surface area contributed by atoms with Crippen LogP contribution in [0.15, 0.2) is 0 Å². The lowest BCUT2D eigenvalue weighted by Gasteiger charge is -2.44. The fourth-order valence-electron chi connectivity index (χ4n) is 3.46. The first-order valence-corrected chi connectivity index (χ1v) is 9.00. The molecule has 2 unspecified atom stereocenters. The van der Waals surface area contributed by atoms with Crippen molar-refractivity contribution < 1.29 is 4.74 Å². The Hall–Kier alpha value is 0.270. The third kappa shape index (κ3) is 4.14. The minimum Gasteiger partial charge on any atom is -0.375 e. The Morgan fingerprint density at radius 3 is 2.83 bits per heavy atom. The molecule has 2 aliphatic rings. The number of hydrogen-bond donors (Lipinski definition) is 1. The highest BCUT2D eigenvalue weighted by atomic mass is 32.2. The first kappa shape index (κ1) is 14.7. The van der Waals surface area contributed by atoms with Crippen molar-refractivity contribution in [3.05, 3.63) is 0 Å². The van der Waals surface area contributed by atoms with Gasteiger partial charge in [0, 0.05) is 12.6 Å². The van der Waals surface area contributed by atoms with E-state index in [9.17, 15) is 0 Å². The Bertz CT molecular complexity index is 235. The summed E-state index contributed by atoms with van der Waals surface area (Å²) in [6.45, 7) is 4.48. The molecule has 2 rings (SSSR count). The molecule has 1 aliphatic heterocycles. The van der Waals surface area contributed by atoms with Crippen LogP contribution in [-0.2, 0) is 4.74 Å². The molecule has 1 spiro atoms. The smallest absolute Gasteiger partial charge is 0.0697 e. The van der Waals surface area contributed by atoms with Gasteiger partial charge in [-0.3, -0.25) is 0 Å². The standard InChI is InChI=1S/C15H29NOS/c1-13(12-18-2)11-16-14-6-9-17-15(10-14)7-4-3-5-8-15/h13-14,16H,3-12H2,1-2H3. The SMILES string of the molecule is CSCC(C)CNC1CCOC2(CCCCC2)C1. The van der Waals surface area contributed by atoms with Crippen LogP contribution in [0.2, 0.25) is 0 Å². The molecule has 1 saturated heterocycles. The van der Waals surface area contributed by atoms with Gasteiger partial charge in [0.05, 0.1) is 5.60 Å². The molecule has 2 nitrogen and oxygen atoms in total. The molecule has 1 saturated carbocycles. The average molecular weight is 271 g/mol. The lowest BCUT2D eigenvalue weighted by atomic mass is 9.78. The Morgan fingerprint density at radius 1 is 1.33 bits per heavy atom. The molecule has 1 N–H and O–H groups in total. The van der Waals surface area contributed by atoms with Gasteiger partial charge in [-0.15, -0.1) is 0 Å². The summed E-state index contributed by atoms with van der Waals surface area (Å²) in [7, 11) is 0. The van der Waals surface area contributed by atoms with Gasteiger partial charge in [-0.2, -0.15) is 11.8 Å². The van der Waals surface area contributed by atoms with E-state index in [-0.39, 0.29) is 5.60 Å². The molecule has 106 valence electrons. The third-order valence-electron chi connectivity index (χ3n) is 4.46. The van der Waals surface area contributed by atoms with E-state index < -0.39 is 0 Å². The van der Waals surface area contributed by atoms with Crippen molar-refractivity contribution in [2.24, 2.45) is 5.92 Å². The maximum Gasteiger partial charge on any atom is 0.0697 e. The van der Waals surface area contributed by atoms with Gasteiger partial charge in [0.25, 0.3) is 0 Å². The molecule has 3 heteroatoms. The first-order valence-electron chi connectivity index (χ1n) is 7.60. The monoisotopic (exact) mass is 271 g/mol. The topological polar surface area (TPSA) is 21.3 Å². The summed E-state index contributed by atoms with van der Waals surface area (Å²) in [6.07, 6.45) is 11.4. The van der Waals surface area contributed by atoms with Crippen LogP contribution in [0.3, 0.4) is 0 Å². The number of ether oxygens (including phenoxy) is 1. The highest BCUT2D eigenvalue weighted by molar-refractivity contribution is 7.98. The van der Waals surface area contributed by atoms with Crippen LogP contribution in [0.25, 0.3) is 0 Å². The molecule has 0 aromatic rings. The zero-order valence-electron chi connectivity index (χ0n) is 12.0. The molecule has 0 aromatic carbocycles. The molecule has 0 radical (unpaired) electrons. The van der Waals surface area contributed by atoms with Crippen molar-refractivity contribution in [1.29, 1.82) is 0 Å². The Balaban J connectivity index is 1.76. The highest BCUT2D eigenvalue weighted by Gasteiger charge is 2.38. The van der Waals surface area contributed by atoms with Gasteiger partial charge in [0.15, 0.2) is 0 Å². The summed E-state index contributed by atoms with van der Waals surface area (Å²) in [4.78, 5) is 0. The Labute approximate surface area is 117 Å². The zero-order valence-corrected chi connectivity index (χ0v) is 12.9. The fourth-order valence-corrected chi connectivity index (χ4v) is 4.14. The minimum absolute atomic E-state index is 0.247. The van der Waals surface area contributed by atoms with Crippen molar-refractivity contribution in [1.82, 2.24) is 5.32 Å². The number of thioether (sulfide) groups is 1. The van der Waals surface area contributed by atoms with Gasteiger partial charge in [0.2, 0.25) is 0 Å². The average Bonchev–Trinajstić information content (AvgIpc) is 2.38. The molecule has 0 amide bonds. The Morgan fingerprint density at radius 2 is 2.11 bits per heavy atom. The van der Waals surface area contributed by atoms with E-state index in [0.29, 0.717) is 6.04 Å². The van der Waals surface area contributed by atoms with E-state index >= 15 is 0 Å².